The van der Waals surface area contributed by atoms with Crippen LogP contribution in [-0.2, 0) is 37.6 Å². The smallest absolute Gasteiger partial charge is 0.339 e. The normalized spacial score (nSPS) is 21.8. The fourth-order valence-electron chi connectivity index (χ4n) is 5.81. The van der Waals surface area contributed by atoms with Crippen LogP contribution in [0.2, 0.25) is 0 Å². The molecule has 0 bridgehead atoms. The number of nitrogens with one attached hydrogen (secondary N) is 1. The molecule has 0 aromatic heterocycles. The molecule has 1 amide bonds. The number of hydrogen-bond acceptors (Lipinski definition) is 7. The van der Waals surface area contributed by atoms with Crippen molar-refractivity contribution >= 4 is 11.9 Å². The van der Waals surface area contributed by atoms with E-state index in [0.29, 0.717) is 38.7 Å². The van der Waals surface area contributed by atoms with Crippen LogP contribution in [0.3, 0.4) is 0 Å². The van der Waals surface area contributed by atoms with E-state index in [9.17, 15) is 18.4 Å². The van der Waals surface area contributed by atoms with Gasteiger partial charge in [0.2, 0.25) is 5.91 Å². The molecule has 1 saturated heterocycles. The van der Waals surface area contributed by atoms with E-state index in [1.54, 1.807) is 14.2 Å². The lowest BCUT2D eigenvalue weighted by Crippen LogP contribution is -2.55. The van der Waals surface area contributed by atoms with Crippen molar-refractivity contribution in [3.05, 3.63) is 64.2 Å². The van der Waals surface area contributed by atoms with Crippen molar-refractivity contribution in [2.24, 2.45) is 5.92 Å². The molecular weight excluding hydrogens is 522 g/mol. The highest BCUT2D eigenvalue weighted by atomic mass is 19.2. The minimum Gasteiger partial charge on any atom is -0.491 e. The zero-order valence-electron chi connectivity index (χ0n) is 23.0. The summed E-state index contributed by atoms with van der Waals surface area (Å²) in [7, 11) is 3.29. The maximum absolute atomic E-state index is 14.4. The second-order valence-electron chi connectivity index (χ2n) is 10.7. The average Bonchev–Trinajstić information content (AvgIpc) is 3.75. The Morgan fingerprint density at radius 2 is 1.80 bits per heavy atom. The number of aryl methyl sites for hydroxylation is 1. The predicted octanol–water partition coefficient (Wildman–Crippen LogP) is 3.74. The number of esters is 1. The highest BCUT2D eigenvalue weighted by molar-refractivity contribution is 5.96. The first-order valence-corrected chi connectivity index (χ1v) is 13.8. The van der Waals surface area contributed by atoms with Gasteiger partial charge in [-0.3, -0.25) is 4.79 Å². The van der Waals surface area contributed by atoms with Crippen molar-refractivity contribution < 1.29 is 37.3 Å². The first kappa shape index (κ1) is 28.4. The molecule has 2 fully saturated rings. The van der Waals surface area contributed by atoms with Gasteiger partial charge in [0.05, 0.1) is 18.1 Å². The fraction of sp³-hybridized carbons (Fsp3) is 0.533. The maximum Gasteiger partial charge on any atom is 0.339 e. The molecule has 2 aromatic rings. The average molecular weight is 559 g/mol. The number of ether oxygens (including phenoxy) is 4. The molecule has 1 unspecified atom stereocenters. The van der Waals surface area contributed by atoms with Crippen LogP contribution in [0.5, 0.6) is 5.75 Å². The number of hydrogen-bond donors (Lipinski definition) is 1. The minimum atomic E-state index is -1.34. The van der Waals surface area contributed by atoms with Crippen LogP contribution < -0.4 is 10.1 Å². The fourth-order valence-corrected chi connectivity index (χ4v) is 5.81. The number of halogens is 2. The van der Waals surface area contributed by atoms with Crippen molar-refractivity contribution in [2.45, 2.75) is 50.3 Å². The van der Waals surface area contributed by atoms with E-state index in [4.69, 9.17) is 18.9 Å². The van der Waals surface area contributed by atoms with Gasteiger partial charge in [-0.25, -0.2) is 13.6 Å². The molecule has 10 heteroatoms. The van der Waals surface area contributed by atoms with Crippen LogP contribution in [0.4, 0.5) is 8.78 Å². The first-order valence-electron chi connectivity index (χ1n) is 13.8. The first-order chi connectivity index (χ1) is 19.4. The highest BCUT2D eigenvalue weighted by Crippen LogP contribution is 2.48. The summed E-state index contributed by atoms with van der Waals surface area (Å²) < 4.78 is 50.5. The van der Waals surface area contributed by atoms with Crippen LogP contribution in [0.1, 0.15) is 52.7 Å². The van der Waals surface area contributed by atoms with Gasteiger partial charge >= 0.3 is 5.97 Å². The van der Waals surface area contributed by atoms with Gasteiger partial charge in [0.15, 0.2) is 17.2 Å². The number of carbonyl (C=O) groups excluding carboxylic acids is 2. The van der Waals surface area contributed by atoms with Gasteiger partial charge < -0.3 is 29.2 Å². The molecule has 5 rings (SSSR count). The molecule has 2 atom stereocenters. The number of nitrogens with zero attached hydrogens (tertiary/aromatic N) is 1. The third-order valence-electron chi connectivity index (χ3n) is 7.91. The molecular formula is C30H36F2N2O6. The SMILES string of the molecule is COCCCc1cc(CN(C(=O)[C@H]2CNCCC23OC(=O)c2cc(F)c(F)cc23)C2CC2)cc(OCCOC)c1. The lowest BCUT2D eigenvalue weighted by Gasteiger charge is -2.42. The van der Waals surface area contributed by atoms with E-state index in [-0.39, 0.29) is 36.0 Å². The lowest BCUT2D eigenvalue weighted by atomic mass is 9.75. The molecule has 1 saturated carbocycles. The molecule has 40 heavy (non-hydrogen) atoms. The number of carbonyl (C=O) groups is 2. The highest BCUT2D eigenvalue weighted by Gasteiger charge is 2.56. The van der Waals surface area contributed by atoms with Crippen LogP contribution in [0.25, 0.3) is 0 Å². The maximum atomic E-state index is 14.4. The van der Waals surface area contributed by atoms with Crippen LogP contribution in [0.15, 0.2) is 30.3 Å². The topological polar surface area (TPSA) is 86.3 Å². The van der Waals surface area contributed by atoms with Gasteiger partial charge in [-0.15, -0.1) is 0 Å². The lowest BCUT2D eigenvalue weighted by molar-refractivity contribution is -0.149. The van der Waals surface area contributed by atoms with E-state index in [1.165, 1.54) is 0 Å². The standard InChI is InChI=1S/C30H36F2N2O6/c1-37-9-3-4-19-12-20(14-22(13-19)39-11-10-38-2)18-34(21-5-6-21)28(35)25-17-33-8-7-30(25)24-16-27(32)26(31)15-23(24)29(36)40-30/h12-16,21,25,33H,3-11,17-18H2,1-2H3/t25-,30?/m1/s1. The quantitative estimate of drug-likeness (QED) is 0.314. The molecule has 2 aliphatic heterocycles. The van der Waals surface area contributed by atoms with Gasteiger partial charge in [0.25, 0.3) is 0 Å². The van der Waals surface area contributed by atoms with Crippen LogP contribution in [0, 0.1) is 17.6 Å². The molecule has 2 heterocycles. The van der Waals surface area contributed by atoms with Crippen LogP contribution in [-0.4, -0.2) is 69.9 Å². The van der Waals surface area contributed by atoms with Gasteiger partial charge in [-0.05, 0) is 67.6 Å². The molecule has 3 aliphatic rings. The van der Waals surface area contributed by atoms with E-state index >= 15 is 0 Å². The number of amides is 1. The Morgan fingerprint density at radius 1 is 1.05 bits per heavy atom. The summed E-state index contributed by atoms with van der Waals surface area (Å²) in [5.74, 6) is -3.15. The van der Waals surface area contributed by atoms with Crippen molar-refractivity contribution in [1.82, 2.24) is 10.2 Å². The summed E-state index contributed by atoms with van der Waals surface area (Å²) in [4.78, 5) is 28.9. The summed E-state index contributed by atoms with van der Waals surface area (Å²) >= 11 is 0. The third kappa shape index (κ3) is 5.84. The zero-order chi connectivity index (χ0) is 28.3. The second kappa shape index (κ2) is 12.2. The van der Waals surface area contributed by atoms with Gasteiger partial charge in [-0.1, -0.05) is 6.07 Å². The molecule has 1 aliphatic carbocycles. The van der Waals surface area contributed by atoms with Crippen molar-refractivity contribution in [2.75, 3.05) is 47.1 Å². The van der Waals surface area contributed by atoms with E-state index in [0.717, 1.165) is 48.9 Å². The Balaban J connectivity index is 1.43. The molecule has 1 spiro atoms. The largest absolute Gasteiger partial charge is 0.491 e. The second-order valence-corrected chi connectivity index (χ2v) is 10.7. The zero-order valence-corrected chi connectivity index (χ0v) is 23.0. The number of piperidine rings is 1. The van der Waals surface area contributed by atoms with Crippen LogP contribution >= 0.6 is 0 Å². The number of fused-ring (bicyclic) bond motifs is 2. The monoisotopic (exact) mass is 558 g/mol. The van der Waals surface area contributed by atoms with Gasteiger partial charge in [0.1, 0.15) is 12.4 Å². The number of rotatable bonds is 12. The van der Waals surface area contributed by atoms with E-state index in [1.807, 2.05) is 17.0 Å². The Hall–Kier alpha value is -3.08. The van der Waals surface area contributed by atoms with Crippen molar-refractivity contribution in [1.29, 1.82) is 0 Å². The summed E-state index contributed by atoms with van der Waals surface area (Å²) in [5.41, 5.74) is 0.904. The summed E-state index contributed by atoms with van der Waals surface area (Å²) in [5, 5.41) is 3.24. The Bertz CT molecular complexity index is 1220. The van der Waals surface area contributed by atoms with E-state index in [2.05, 4.69) is 11.4 Å². The minimum absolute atomic E-state index is 0.0156. The Morgan fingerprint density at radius 3 is 2.55 bits per heavy atom. The Labute approximate surface area is 232 Å². The summed E-state index contributed by atoms with van der Waals surface area (Å²) in [6.45, 7) is 2.59. The van der Waals surface area contributed by atoms with Gasteiger partial charge in [0, 0.05) is 51.9 Å². The summed E-state index contributed by atoms with van der Waals surface area (Å²) in [6.07, 6.45) is 3.68. The molecule has 1 N–H and O–H groups in total. The van der Waals surface area contributed by atoms with Gasteiger partial charge in [-0.2, -0.15) is 0 Å². The number of benzene rings is 2. The van der Waals surface area contributed by atoms with Crippen molar-refractivity contribution in [3.8, 4) is 5.75 Å². The molecule has 0 radical (unpaired) electrons. The number of methoxy groups -OCH3 is 2. The summed E-state index contributed by atoms with van der Waals surface area (Å²) in [6, 6.07) is 7.99. The third-order valence-corrected chi connectivity index (χ3v) is 7.91. The molecule has 216 valence electrons. The van der Waals surface area contributed by atoms with E-state index < -0.39 is 29.1 Å². The van der Waals surface area contributed by atoms with Crippen molar-refractivity contribution in [3.63, 3.8) is 0 Å². The molecule has 8 nitrogen and oxygen atoms in total. The Kier molecular flexibility index (Phi) is 8.68. The predicted molar refractivity (Wildman–Crippen MR) is 142 cm³/mol. The molecule has 2 aromatic carbocycles.